The van der Waals surface area contributed by atoms with Crippen LogP contribution in [-0.2, 0) is 7.05 Å². The number of benzene rings is 1. The van der Waals surface area contributed by atoms with Crippen molar-refractivity contribution in [1.82, 2.24) is 19.7 Å². The Morgan fingerprint density at radius 2 is 2.19 bits per heavy atom. The van der Waals surface area contributed by atoms with Crippen LogP contribution in [0.3, 0.4) is 0 Å². The molecule has 3 aromatic rings. The lowest BCUT2D eigenvalue weighted by atomic mass is 10.1. The van der Waals surface area contributed by atoms with E-state index in [1.807, 2.05) is 0 Å². The van der Waals surface area contributed by atoms with Gasteiger partial charge in [0.25, 0.3) is 5.91 Å². The first-order chi connectivity index (χ1) is 13.0. The van der Waals surface area contributed by atoms with Gasteiger partial charge in [0.15, 0.2) is 0 Å². The van der Waals surface area contributed by atoms with Gasteiger partial charge in [0.05, 0.1) is 23.6 Å². The van der Waals surface area contributed by atoms with E-state index in [2.05, 4.69) is 32.2 Å². The maximum atomic E-state index is 14.2. The molecular weight excluding hydrogens is 347 g/mol. The molecule has 0 saturated carbocycles. The second-order valence-corrected chi connectivity index (χ2v) is 6.92. The fraction of sp³-hybridized carbons (Fsp3) is 0.368. The molecule has 7 nitrogen and oxygen atoms in total. The van der Waals surface area contributed by atoms with Crippen molar-refractivity contribution in [3.05, 3.63) is 42.2 Å². The standard InChI is InChI=1S/C19H21FN6O/c1-3-12-4-5-26(10-12)18-9-21-17(8-22-18)19(27)23-16-6-13-11-25(2)24-15(13)7-14(16)20/h6-9,11-12H,3-5,10H2,1-2H3,(H,23,27)/t12-/m1/s1. The lowest BCUT2D eigenvalue weighted by Gasteiger charge is -2.16. The average Bonchev–Trinajstić information content (AvgIpc) is 3.27. The zero-order valence-electron chi connectivity index (χ0n) is 15.3. The summed E-state index contributed by atoms with van der Waals surface area (Å²) in [5, 5.41) is 7.46. The second-order valence-electron chi connectivity index (χ2n) is 6.92. The third-order valence-corrected chi connectivity index (χ3v) is 5.01. The van der Waals surface area contributed by atoms with Crippen LogP contribution in [0.5, 0.6) is 0 Å². The van der Waals surface area contributed by atoms with E-state index in [1.165, 1.54) is 12.3 Å². The number of hydrogen-bond acceptors (Lipinski definition) is 5. The Bertz CT molecular complexity index is 984. The summed E-state index contributed by atoms with van der Waals surface area (Å²) < 4.78 is 15.8. The lowest BCUT2D eigenvalue weighted by molar-refractivity contribution is 0.102. The van der Waals surface area contributed by atoms with Crippen LogP contribution in [0.2, 0.25) is 0 Å². The molecular formula is C19H21FN6O. The molecule has 140 valence electrons. The molecule has 0 bridgehead atoms. The van der Waals surface area contributed by atoms with E-state index in [0.717, 1.165) is 37.1 Å². The molecule has 4 rings (SSSR count). The highest BCUT2D eigenvalue weighted by Gasteiger charge is 2.22. The molecule has 1 N–H and O–H groups in total. The number of fused-ring (bicyclic) bond motifs is 1. The Balaban J connectivity index is 1.49. The summed E-state index contributed by atoms with van der Waals surface area (Å²) in [7, 11) is 1.76. The van der Waals surface area contributed by atoms with Crippen molar-refractivity contribution >= 4 is 28.3 Å². The molecule has 1 aliphatic rings. The zero-order valence-corrected chi connectivity index (χ0v) is 15.3. The Labute approximate surface area is 156 Å². The Morgan fingerprint density at radius 3 is 2.89 bits per heavy atom. The van der Waals surface area contributed by atoms with Crippen LogP contribution in [0.1, 0.15) is 30.3 Å². The molecule has 0 aliphatic carbocycles. The number of rotatable bonds is 4. The highest BCUT2D eigenvalue weighted by atomic mass is 19.1. The number of nitrogens with one attached hydrogen (secondary N) is 1. The number of carbonyl (C=O) groups excluding carboxylic acids is 1. The van der Waals surface area contributed by atoms with Crippen LogP contribution < -0.4 is 10.2 Å². The number of nitrogens with zero attached hydrogens (tertiary/aromatic N) is 5. The van der Waals surface area contributed by atoms with E-state index in [9.17, 15) is 9.18 Å². The maximum absolute atomic E-state index is 14.2. The Kier molecular flexibility index (Phi) is 4.47. The number of hydrogen-bond donors (Lipinski definition) is 1. The molecule has 0 radical (unpaired) electrons. The number of aryl methyl sites for hydroxylation is 1. The smallest absolute Gasteiger partial charge is 0.275 e. The zero-order chi connectivity index (χ0) is 19.0. The predicted molar refractivity (Wildman–Crippen MR) is 101 cm³/mol. The first kappa shape index (κ1) is 17.4. The fourth-order valence-corrected chi connectivity index (χ4v) is 3.43. The van der Waals surface area contributed by atoms with Gasteiger partial charge in [-0.25, -0.2) is 14.4 Å². The summed E-state index contributed by atoms with van der Waals surface area (Å²) in [5.74, 6) is 0.413. The van der Waals surface area contributed by atoms with Crippen LogP contribution in [0.4, 0.5) is 15.9 Å². The third kappa shape index (κ3) is 3.47. The van der Waals surface area contributed by atoms with Crippen molar-refractivity contribution < 1.29 is 9.18 Å². The normalized spacial score (nSPS) is 16.9. The SMILES string of the molecule is CC[C@@H]1CCN(c2cnc(C(=O)Nc3cc4cn(C)nc4cc3F)cn2)C1. The van der Waals surface area contributed by atoms with E-state index in [-0.39, 0.29) is 11.4 Å². The maximum Gasteiger partial charge on any atom is 0.275 e. The van der Waals surface area contributed by atoms with Gasteiger partial charge in [0.1, 0.15) is 17.3 Å². The number of amides is 1. The van der Waals surface area contributed by atoms with E-state index in [0.29, 0.717) is 11.4 Å². The van der Waals surface area contributed by atoms with Crippen LogP contribution >= 0.6 is 0 Å². The van der Waals surface area contributed by atoms with Gasteiger partial charge >= 0.3 is 0 Å². The van der Waals surface area contributed by atoms with Crippen molar-refractivity contribution in [2.24, 2.45) is 13.0 Å². The van der Waals surface area contributed by atoms with E-state index < -0.39 is 11.7 Å². The van der Waals surface area contributed by atoms with Crippen LogP contribution in [0.15, 0.2) is 30.7 Å². The predicted octanol–water partition coefficient (Wildman–Crippen LogP) is 2.99. The molecule has 3 heterocycles. The number of halogens is 1. The summed E-state index contributed by atoms with van der Waals surface area (Å²) in [6, 6.07) is 2.86. The Morgan fingerprint density at radius 1 is 1.33 bits per heavy atom. The van der Waals surface area contributed by atoms with Crippen LogP contribution in [0, 0.1) is 11.7 Å². The molecule has 1 atom stereocenters. The number of aromatic nitrogens is 4. The third-order valence-electron chi connectivity index (χ3n) is 5.01. The van der Waals surface area contributed by atoms with E-state index in [1.54, 1.807) is 30.2 Å². The molecule has 0 unspecified atom stereocenters. The molecule has 1 amide bonds. The van der Waals surface area contributed by atoms with Crippen LogP contribution in [0.25, 0.3) is 10.9 Å². The lowest BCUT2D eigenvalue weighted by Crippen LogP contribution is -2.22. The summed E-state index contributed by atoms with van der Waals surface area (Å²) in [6.07, 6.45) is 7.10. The minimum absolute atomic E-state index is 0.0942. The highest BCUT2D eigenvalue weighted by Crippen LogP contribution is 2.24. The van der Waals surface area contributed by atoms with Gasteiger partial charge in [-0.05, 0) is 18.4 Å². The first-order valence-electron chi connectivity index (χ1n) is 9.04. The minimum atomic E-state index is -0.540. The molecule has 0 spiro atoms. The number of anilines is 2. The van der Waals surface area contributed by atoms with E-state index in [4.69, 9.17) is 0 Å². The van der Waals surface area contributed by atoms with Crippen molar-refractivity contribution in [2.75, 3.05) is 23.3 Å². The highest BCUT2D eigenvalue weighted by molar-refractivity contribution is 6.03. The van der Waals surface area contributed by atoms with Crippen molar-refractivity contribution in [2.45, 2.75) is 19.8 Å². The van der Waals surface area contributed by atoms with Gasteiger partial charge in [-0.15, -0.1) is 0 Å². The van der Waals surface area contributed by atoms with Gasteiger partial charge in [-0.1, -0.05) is 13.3 Å². The monoisotopic (exact) mass is 368 g/mol. The topological polar surface area (TPSA) is 75.9 Å². The number of carbonyl (C=O) groups is 1. The van der Waals surface area contributed by atoms with Gasteiger partial charge in [-0.2, -0.15) is 5.10 Å². The van der Waals surface area contributed by atoms with Gasteiger partial charge < -0.3 is 10.2 Å². The molecule has 1 fully saturated rings. The Hall–Kier alpha value is -3.03. The van der Waals surface area contributed by atoms with Crippen molar-refractivity contribution in [3.63, 3.8) is 0 Å². The molecule has 8 heteroatoms. The molecule has 2 aromatic heterocycles. The summed E-state index contributed by atoms with van der Waals surface area (Å²) in [5.41, 5.74) is 0.778. The largest absolute Gasteiger partial charge is 0.355 e. The van der Waals surface area contributed by atoms with Gasteiger partial charge in [-0.3, -0.25) is 9.48 Å². The second kappa shape index (κ2) is 6.94. The summed E-state index contributed by atoms with van der Waals surface area (Å²) in [4.78, 5) is 23.2. The molecule has 1 aromatic carbocycles. The molecule has 1 saturated heterocycles. The van der Waals surface area contributed by atoms with Crippen molar-refractivity contribution in [3.8, 4) is 0 Å². The van der Waals surface area contributed by atoms with Crippen LogP contribution in [-0.4, -0.2) is 38.7 Å². The van der Waals surface area contributed by atoms with Gasteiger partial charge in [0, 0.05) is 37.8 Å². The quantitative estimate of drug-likeness (QED) is 0.766. The summed E-state index contributed by atoms with van der Waals surface area (Å²) in [6.45, 7) is 4.11. The fourth-order valence-electron chi connectivity index (χ4n) is 3.43. The molecule has 1 aliphatic heterocycles. The minimum Gasteiger partial charge on any atom is -0.355 e. The molecule has 27 heavy (non-hydrogen) atoms. The van der Waals surface area contributed by atoms with E-state index >= 15 is 0 Å². The average molecular weight is 368 g/mol. The van der Waals surface area contributed by atoms with Crippen molar-refractivity contribution in [1.29, 1.82) is 0 Å². The van der Waals surface area contributed by atoms with Gasteiger partial charge in [0.2, 0.25) is 0 Å². The summed E-state index contributed by atoms with van der Waals surface area (Å²) >= 11 is 0. The first-order valence-corrected chi connectivity index (χ1v) is 9.04.